The van der Waals surface area contributed by atoms with Crippen molar-refractivity contribution >= 4 is 17.5 Å². The van der Waals surface area contributed by atoms with E-state index in [4.69, 9.17) is 5.73 Å². The molecule has 19 heavy (non-hydrogen) atoms. The lowest BCUT2D eigenvalue weighted by molar-refractivity contribution is 0.0998. The first-order valence-electron chi connectivity index (χ1n) is 5.70. The van der Waals surface area contributed by atoms with Gasteiger partial charge in [0, 0.05) is 29.2 Å². The normalized spacial score (nSPS) is 9.95. The summed E-state index contributed by atoms with van der Waals surface area (Å²) in [6.45, 7) is 1.80. The third-order valence-corrected chi connectivity index (χ3v) is 2.70. The zero-order valence-corrected chi connectivity index (χ0v) is 10.4. The highest BCUT2D eigenvalue weighted by atomic mass is 16.2. The molecule has 0 aliphatic rings. The van der Waals surface area contributed by atoms with Gasteiger partial charge in [-0.3, -0.25) is 14.6 Å². The Hall–Kier alpha value is -2.69. The smallest absolute Gasteiger partial charge is 0.255 e. The van der Waals surface area contributed by atoms with Crippen molar-refractivity contribution in [3.8, 4) is 0 Å². The molecule has 5 nitrogen and oxygen atoms in total. The molecule has 2 amide bonds. The second-order valence-corrected chi connectivity index (χ2v) is 4.08. The van der Waals surface area contributed by atoms with E-state index >= 15 is 0 Å². The van der Waals surface area contributed by atoms with E-state index < -0.39 is 5.91 Å². The minimum atomic E-state index is -0.491. The Morgan fingerprint density at radius 2 is 1.79 bits per heavy atom. The maximum Gasteiger partial charge on any atom is 0.255 e. The summed E-state index contributed by atoms with van der Waals surface area (Å²) in [5.41, 5.74) is 7.55. The molecule has 0 fully saturated rings. The van der Waals surface area contributed by atoms with E-state index in [9.17, 15) is 9.59 Å². The van der Waals surface area contributed by atoms with Gasteiger partial charge in [-0.15, -0.1) is 0 Å². The molecule has 0 unspecified atom stereocenters. The van der Waals surface area contributed by atoms with Gasteiger partial charge in [-0.25, -0.2) is 0 Å². The van der Waals surface area contributed by atoms with Gasteiger partial charge in [0.25, 0.3) is 5.91 Å². The number of primary amides is 1. The fourth-order valence-electron chi connectivity index (χ4n) is 1.65. The third kappa shape index (κ3) is 2.95. The van der Waals surface area contributed by atoms with Crippen LogP contribution in [0.2, 0.25) is 0 Å². The number of amides is 2. The number of nitrogens with two attached hydrogens (primary N) is 1. The molecule has 0 aliphatic heterocycles. The van der Waals surface area contributed by atoms with E-state index in [0.29, 0.717) is 16.8 Å². The quantitative estimate of drug-likeness (QED) is 0.876. The fourth-order valence-corrected chi connectivity index (χ4v) is 1.65. The number of pyridine rings is 1. The molecule has 0 saturated heterocycles. The number of aryl methyl sites for hydroxylation is 1. The van der Waals surface area contributed by atoms with Crippen LogP contribution in [0.4, 0.5) is 5.69 Å². The number of nitrogens with one attached hydrogen (secondary N) is 1. The van der Waals surface area contributed by atoms with E-state index in [0.717, 1.165) is 5.56 Å². The van der Waals surface area contributed by atoms with Crippen LogP contribution in [-0.4, -0.2) is 16.8 Å². The molecule has 0 atom stereocenters. The Balaban J connectivity index is 2.20. The lowest BCUT2D eigenvalue weighted by Crippen LogP contribution is -2.14. The van der Waals surface area contributed by atoms with Crippen LogP contribution in [0.3, 0.4) is 0 Å². The van der Waals surface area contributed by atoms with Gasteiger partial charge < -0.3 is 11.1 Å². The molecule has 5 heteroatoms. The van der Waals surface area contributed by atoms with Gasteiger partial charge in [-0.1, -0.05) is 0 Å². The van der Waals surface area contributed by atoms with Gasteiger partial charge in [0.2, 0.25) is 5.91 Å². The number of benzene rings is 1. The van der Waals surface area contributed by atoms with Crippen LogP contribution in [0.25, 0.3) is 0 Å². The molecule has 1 aromatic carbocycles. The third-order valence-electron chi connectivity index (χ3n) is 2.70. The van der Waals surface area contributed by atoms with Gasteiger partial charge in [0.15, 0.2) is 0 Å². The first kappa shape index (κ1) is 12.8. The number of aromatic nitrogens is 1. The largest absolute Gasteiger partial charge is 0.366 e. The molecule has 0 radical (unpaired) electrons. The maximum atomic E-state index is 12.0. The van der Waals surface area contributed by atoms with Crippen LogP contribution >= 0.6 is 0 Å². The second-order valence-electron chi connectivity index (χ2n) is 4.08. The zero-order valence-electron chi connectivity index (χ0n) is 10.4. The number of anilines is 1. The van der Waals surface area contributed by atoms with Gasteiger partial charge in [-0.2, -0.15) is 0 Å². The lowest BCUT2D eigenvalue weighted by Gasteiger charge is -2.09. The summed E-state index contributed by atoms with van der Waals surface area (Å²) in [6.07, 6.45) is 3.11. The average molecular weight is 255 g/mol. The van der Waals surface area contributed by atoms with Crippen molar-refractivity contribution in [1.29, 1.82) is 0 Å². The number of hydrogen-bond acceptors (Lipinski definition) is 3. The zero-order chi connectivity index (χ0) is 13.8. The van der Waals surface area contributed by atoms with Crippen molar-refractivity contribution in [2.75, 3.05) is 5.32 Å². The van der Waals surface area contributed by atoms with Crippen LogP contribution in [0.5, 0.6) is 0 Å². The van der Waals surface area contributed by atoms with E-state index in [-0.39, 0.29) is 5.91 Å². The highest BCUT2D eigenvalue weighted by Gasteiger charge is 2.09. The first-order valence-corrected chi connectivity index (χ1v) is 5.70. The topological polar surface area (TPSA) is 85.1 Å². The van der Waals surface area contributed by atoms with Crippen molar-refractivity contribution in [3.05, 3.63) is 59.4 Å². The number of hydrogen-bond donors (Lipinski definition) is 2. The van der Waals surface area contributed by atoms with Gasteiger partial charge in [0.1, 0.15) is 0 Å². The van der Waals surface area contributed by atoms with Crippen molar-refractivity contribution in [2.24, 2.45) is 5.73 Å². The molecule has 0 saturated carbocycles. The van der Waals surface area contributed by atoms with Crippen LogP contribution in [-0.2, 0) is 0 Å². The summed E-state index contributed by atoms with van der Waals surface area (Å²) in [5, 5.41) is 2.77. The Morgan fingerprint density at radius 1 is 1.11 bits per heavy atom. The van der Waals surface area contributed by atoms with Gasteiger partial charge in [0.05, 0.1) is 0 Å². The molecule has 0 aliphatic carbocycles. The Bertz CT molecular complexity index is 624. The van der Waals surface area contributed by atoms with Crippen molar-refractivity contribution in [2.45, 2.75) is 6.92 Å². The van der Waals surface area contributed by atoms with Crippen LogP contribution in [0, 0.1) is 6.92 Å². The molecule has 96 valence electrons. The Labute approximate surface area is 110 Å². The lowest BCUT2D eigenvalue weighted by atomic mass is 10.1. The van der Waals surface area contributed by atoms with Crippen LogP contribution in [0.15, 0.2) is 42.7 Å². The predicted molar refractivity (Wildman–Crippen MR) is 71.9 cm³/mol. The summed E-state index contributed by atoms with van der Waals surface area (Å²) in [4.78, 5) is 26.8. The second kappa shape index (κ2) is 5.30. The monoisotopic (exact) mass is 255 g/mol. The van der Waals surface area contributed by atoms with Crippen molar-refractivity contribution in [3.63, 3.8) is 0 Å². The Morgan fingerprint density at radius 3 is 2.37 bits per heavy atom. The SMILES string of the molecule is Cc1cc(C(N)=O)ccc1NC(=O)c1ccncc1. The predicted octanol–water partition coefficient (Wildman–Crippen LogP) is 1.74. The number of carbonyl (C=O) groups excluding carboxylic acids is 2. The Kier molecular flexibility index (Phi) is 3.56. The molecular weight excluding hydrogens is 242 g/mol. The summed E-state index contributed by atoms with van der Waals surface area (Å²) >= 11 is 0. The van der Waals surface area contributed by atoms with E-state index in [2.05, 4.69) is 10.3 Å². The van der Waals surface area contributed by atoms with Crippen molar-refractivity contribution in [1.82, 2.24) is 4.98 Å². The molecule has 2 aromatic rings. The first-order chi connectivity index (χ1) is 9.08. The fraction of sp³-hybridized carbons (Fsp3) is 0.0714. The van der Waals surface area contributed by atoms with E-state index in [1.807, 2.05) is 0 Å². The molecule has 3 N–H and O–H groups in total. The molecular formula is C14H13N3O2. The van der Waals surface area contributed by atoms with E-state index in [1.165, 1.54) is 0 Å². The summed E-state index contributed by atoms with van der Waals surface area (Å²) in [6, 6.07) is 8.14. The average Bonchev–Trinajstić information content (AvgIpc) is 2.41. The molecule has 1 aromatic heterocycles. The molecule has 1 heterocycles. The minimum absolute atomic E-state index is 0.225. The van der Waals surface area contributed by atoms with Crippen molar-refractivity contribution < 1.29 is 9.59 Å². The summed E-state index contributed by atoms with van der Waals surface area (Å²) < 4.78 is 0. The van der Waals surface area contributed by atoms with Gasteiger partial charge in [-0.05, 0) is 42.8 Å². The standard InChI is InChI=1S/C14H13N3O2/c1-9-8-11(13(15)18)2-3-12(9)17-14(19)10-4-6-16-7-5-10/h2-8H,1H3,(H2,15,18)(H,17,19). The minimum Gasteiger partial charge on any atom is -0.366 e. The highest BCUT2D eigenvalue weighted by Crippen LogP contribution is 2.17. The number of nitrogens with zero attached hydrogens (tertiary/aromatic N) is 1. The number of carbonyl (C=O) groups is 2. The molecule has 2 rings (SSSR count). The maximum absolute atomic E-state index is 12.0. The highest BCUT2D eigenvalue weighted by molar-refractivity contribution is 6.04. The molecule has 0 spiro atoms. The number of rotatable bonds is 3. The van der Waals surface area contributed by atoms with Crippen LogP contribution < -0.4 is 11.1 Å². The van der Waals surface area contributed by atoms with Gasteiger partial charge >= 0.3 is 0 Å². The van der Waals surface area contributed by atoms with E-state index in [1.54, 1.807) is 49.6 Å². The summed E-state index contributed by atoms with van der Waals surface area (Å²) in [5.74, 6) is -0.715. The van der Waals surface area contributed by atoms with Crippen LogP contribution in [0.1, 0.15) is 26.3 Å². The summed E-state index contributed by atoms with van der Waals surface area (Å²) in [7, 11) is 0. The molecule has 0 bridgehead atoms.